The Balaban J connectivity index is 2.42. The number of likely N-dealkylation sites (N-methyl/N-ethyl adjacent to an activating group) is 1. The van der Waals surface area contributed by atoms with Crippen LogP contribution in [0.5, 0.6) is 0 Å². The van der Waals surface area contributed by atoms with E-state index in [-0.39, 0.29) is 5.96 Å². The summed E-state index contributed by atoms with van der Waals surface area (Å²) in [6.45, 7) is 2.91. The number of hydrogen-bond acceptors (Lipinski definition) is 5. The Bertz CT molecular complexity index is 430. The number of oxazole rings is 1. The van der Waals surface area contributed by atoms with Crippen molar-refractivity contribution in [3.63, 3.8) is 0 Å². The Morgan fingerprint density at radius 3 is 2.94 bits per heavy atom. The minimum atomic E-state index is -0.761. The molecule has 1 rings (SSSR count). The Hall–Kier alpha value is -2.32. The van der Waals surface area contributed by atoms with Crippen LogP contribution in [0.25, 0.3) is 0 Å². The van der Waals surface area contributed by atoms with E-state index in [4.69, 9.17) is 4.42 Å². The van der Waals surface area contributed by atoms with Gasteiger partial charge in [-0.3, -0.25) is 0 Å². The van der Waals surface area contributed by atoms with Crippen molar-refractivity contribution < 1.29 is 9.45 Å². The van der Waals surface area contributed by atoms with Crippen LogP contribution in [-0.4, -0.2) is 43.2 Å². The highest BCUT2D eigenvalue weighted by molar-refractivity contribution is 5.78. The summed E-state index contributed by atoms with van der Waals surface area (Å²) in [5.74, 6) is 0.789. The fraction of sp³-hybridized carbons (Fsp3) is 0.556. The van der Waals surface area contributed by atoms with E-state index in [0.717, 1.165) is 5.69 Å². The predicted octanol–water partition coefficient (Wildman–Crippen LogP) is -0.224. The SMILES string of the molecule is CN/C(=N\[N+](=O)[O-])NCCN(C)c1ocnc1C. The monoisotopic (exact) mass is 256 g/mol. The third-order valence-electron chi connectivity index (χ3n) is 2.23. The summed E-state index contributed by atoms with van der Waals surface area (Å²) in [6.07, 6.45) is 1.38. The smallest absolute Gasteiger partial charge is 0.268 e. The first-order valence-corrected chi connectivity index (χ1v) is 5.30. The maximum absolute atomic E-state index is 10.2. The number of nitrogens with zero attached hydrogens (tertiary/aromatic N) is 4. The molecule has 1 aromatic rings. The van der Waals surface area contributed by atoms with Gasteiger partial charge in [0.05, 0.1) is 0 Å². The van der Waals surface area contributed by atoms with Crippen LogP contribution >= 0.6 is 0 Å². The van der Waals surface area contributed by atoms with Crippen LogP contribution in [0.3, 0.4) is 0 Å². The van der Waals surface area contributed by atoms with Gasteiger partial charge in [-0.1, -0.05) is 0 Å². The molecule has 0 atom stereocenters. The molecule has 18 heavy (non-hydrogen) atoms. The van der Waals surface area contributed by atoms with E-state index >= 15 is 0 Å². The summed E-state index contributed by atoms with van der Waals surface area (Å²) in [5.41, 5.74) is 0.797. The van der Waals surface area contributed by atoms with Gasteiger partial charge < -0.3 is 20.0 Å². The molecule has 0 radical (unpaired) electrons. The Morgan fingerprint density at radius 1 is 1.72 bits per heavy atom. The molecule has 1 aromatic heterocycles. The Labute approximate surface area is 104 Å². The normalized spacial score (nSPS) is 11.2. The first-order chi connectivity index (χ1) is 8.54. The molecule has 0 saturated carbocycles. The number of nitro groups is 1. The van der Waals surface area contributed by atoms with Crippen LogP contribution in [0.4, 0.5) is 5.88 Å². The van der Waals surface area contributed by atoms with Crippen molar-refractivity contribution in [1.82, 2.24) is 15.6 Å². The molecule has 0 spiro atoms. The number of hydrazone groups is 1. The lowest BCUT2D eigenvalue weighted by molar-refractivity contribution is -0.485. The lowest BCUT2D eigenvalue weighted by Gasteiger charge is -2.16. The van der Waals surface area contributed by atoms with Crippen molar-refractivity contribution in [2.45, 2.75) is 6.92 Å². The number of hydrogen-bond donors (Lipinski definition) is 2. The molecule has 100 valence electrons. The zero-order valence-electron chi connectivity index (χ0n) is 10.5. The minimum Gasteiger partial charge on any atom is -0.428 e. The molecule has 9 nitrogen and oxygen atoms in total. The van der Waals surface area contributed by atoms with Crippen LogP contribution in [0.2, 0.25) is 0 Å². The van der Waals surface area contributed by atoms with Crippen LogP contribution in [0, 0.1) is 17.0 Å². The zero-order chi connectivity index (χ0) is 13.5. The highest BCUT2D eigenvalue weighted by Crippen LogP contribution is 2.15. The molecule has 0 aliphatic rings. The van der Waals surface area contributed by atoms with Gasteiger partial charge in [0.25, 0.3) is 5.96 Å². The number of rotatable bonds is 5. The molecule has 0 saturated heterocycles. The first-order valence-electron chi connectivity index (χ1n) is 5.30. The van der Waals surface area contributed by atoms with Crippen LogP contribution < -0.4 is 15.5 Å². The third kappa shape index (κ3) is 3.92. The van der Waals surface area contributed by atoms with Crippen LogP contribution in [0.1, 0.15) is 5.69 Å². The van der Waals surface area contributed by atoms with Gasteiger partial charge in [-0.05, 0) is 6.92 Å². The van der Waals surface area contributed by atoms with Crippen molar-refractivity contribution in [1.29, 1.82) is 0 Å². The molecule has 1 heterocycles. The number of aromatic nitrogens is 1. The number of anilines is 1. The molecule has 2 N–H and O–H groups in total. The largest absolute Gasteiger partial charge is 0.428 e. The molecule has 0 bridgehead atoms. The van der Waals surface area contributed by atoms with Crippen molar-refractivity contribution in [2.24, 2.45) is 5.10 Å². The van der Waals surface area contributed by atoms with Crippen molar-refractivity contribution >= 4 is 11.8 Å². The van der Waals surface area contributed by atoms with E-state index in [0.29, 0.717) is 19.0 Å². The van der Waals surface area contributed by atoms with Gasteiger partial charge in [0, 0.05) is 27.2 Å². The van der Waals surface area contributed by atoms with E-state index < -0.39 is 5.03 Å². The van der Waals surface area contributed by atoms with Gasteiger partial charge >= 0.3 is 0 Å². The number of guanidine groups is 1. The minimum absolute atomic E-state index is 0.114. The topological polar surface area (TPSA) is 109 Å². The highest BCUT2D eigenvalue weighted by Gasteiger charge is 2.09. The number of nitrogens with one attached hydrogen (secondary N) is 2. The maximum atomic E-state index is 10.2. The Morgan fingerprint density at radius 2 is 2.44 bits per heavy atom. The van der Waals surface area contributed by atoms with Gasteiger partial charge in [-0.15, -0.1) is 0 Å². The molecule has 0 aromatic carbocycles. The average Bonchev–Trinajstić information content (AvgIpc) is 2.73. The lowest BCUT2D eigenvalue weighted by Crippen LogP contribution is -2.39. The summed E-state index contributed by atoms with van der Waals surface area (Å²) in [6, 6.07) is 0. The lowest BCUT2D eigenvalue weighted by atomic mass is 10.4. The second-order valence-corrected chi connectivity index (χ2v) is 3.53. The summed E-state index contributed by atoms with van der Waals surface area (Å²) in [4.78, 5) is 16.0. The van der Waals surface area contributed by atoms with Crippen molar-refractivity contribution in [3.05, 3.63) is 22.2 Å². The van der Waals surface area contributed by atoms with E-state index in [1.807, 2.05) is 18.9 Å². The average molecular weight is 256 g/mol. The van der Waals surface area contributed by atoms with Crippen LogP contribution in [0.15, 0.2) is 15.9 Å². The maximum Gasteiger partial charge on any atom is 0.268 e. The van der Waals surface area contributed by atoms with E-state index in [1.54, 1.807) is 7.05 Å². The van der Waals surface area contributed by atoms with E-state index in [2.05, 4.69) is 20.7 Å². The van der Waals surface area contributed by atoms with Gasteiger partial charge in [0.15, 0.2) is 11.4 Å². The fourth-order valence-corrected chi connectivity index (χ4v) is 1.36. The molecule has 0 unspecified atom stereocenters. The molecule has 0 fully saturated rings. The fourth-order valence-electron chi connectivity index (χ4n) is 1.36. The molecule has 0 amide bonds. The summed E-state index contributed by atoms with van der Waals surface area (Å²) in [5, 5.41) is 18.0. The second kappa shape index (κ2) is 6.42. The first kappa shape index (κ1) is 13.7. The van der Waals surface area contributed by atoms with Crippen molar-refractivity contribution in [2.75, 3.05) is 32.1 Å². The quantitative estimate of drug-likeness (QED) is 0.324. The van der Waals surface area contributed by atoms with Gasteiger partial charge in [-0.2, -0.15) is 0 Å². The van der Waals surface area contributed by atoms with E-state index in [9.17, 15) is 10.1 Å². The predicted molar refractivity (Wildman–Crippen MR) is 66.0 cm³/mol. The highest BCUT2D eigenvalue weighted by atomic mass is 16.7. The van der Waals surface area contributed by atoms with Crippen LogP contribution in [-0.2, 0) is 0 Å². The standard InChI is InChI=1S/C9H16N6O3/c1-7-8(18-6-12-7)14(3)5-4-11-9(10-2)13-15(16)17/h6H,4-5H2,1-3H3,(H2,10,11,13). The van der Waals surface area contributed by atoms with Gasteiger partial charge in [0.2, 0.25) is 5.88 Å². The van der Waals surface area contributed by atoms with E-state index in [1.165, 1.54) is 6.39 Å². The molecular formula is C9H16N6O3. The molecular weight excluding hydrogens is 240 g/mol. The van der Waals surface area contributed by atoms with Crippen molar-refractivity contribution in [3.8, 4) is 0 Å². The second-order valence-electron chi connectivity index (χ2n) is 3.53. The number of aryl methyl sites for hydroxylation is 1. The van der Waals surface area contributed by atoms with Gasteiger partial charge in [0.1, 0.15) is 10.8 Å². The summed E-state index contributed by atoms with van der Waals surface area (Å²) >= 11 is 0. The summed E-state index contributed by atoms with van der Waals surface area (Å²) in [7, 11) is 3.40. The molecule has 0 aliphatic heterocycles. The molecule has 0 aliphatic carbocycles. The molecule has 9 heteroatoms. The third-order valence-corrected chi connectivity index (χ3v) is 2.23. The Kier molecular flexibility index (Phi) is 4.90. The van der Waals surface area contributed by atoms with Gasteiger partial charge in [-0.25, -0.2) is 15.1 Å². The zero-order valence-corrected chi connectivity index (χ0v) is 10.5. The summed E-state index contributed by atoms with van der Waals surface area (Å²) < 4.78 is 5.21.